The van der Waals surface area contributed by atoms with E-state index in [0.717, 1.165) is 24.1 Å². The summed E-state index contributed by atoms with van der Waals surface area (Å²) in [5.74, 6) is -1.42. The molecule has 166 valence electrons. The average molecular weight is 426 g/mol. The summed E-state index contributed by atoms with van der Waals surface area (Å²) < 4.78 is 10.7. The van der Waals surface area contributed by atoms with E-state index >= 15 is 0 Å². The average Bonchev–Trinajstić information content (AvgIpc) is 2.66. The second-order valence-electron chi connectivity index (χ2n) is 9.19. The van der Waals surface area contributed by atoms with Crippen molar-refractivity contribution >= 4 is 23.4 Å². The number of Topliss-reactive ketones (excluding diaryl/α,β-unsaturated/α-hetero) is 1. The number of carbonyl (C=O) groups excluding carboxylic acids is 3. The van der Waals surface area contributed by atoms with Gasteiger partial charge in [0.1, 0.15) is 11.7 Å². The minimum absolute atomic E-state index is 0.0305. The van der Waals surface area contributed by atoms with Crippen molar-refractivity contribution in [2.75, 3.05) is 6.61 Å². The van der Waals surface area contributed by atoms with Gasteiger partial charge in [0.05, 0.1) is 6.61 Å². The van der Waals surface area contributed by atoms with E-state index in [9.17, 15) is 14.4 Å². The van der Waals surface area contributed by atoms with E-state index < -0.39 is 17.8 Å². The largest absolute Gasteiger partial charge is 0.465 e. The predicted octanol–water partition coefficient (Wildman–Crippen LogP) is 4.77. The summed E-state index contributed by atoms with van der Waals surface area (Å²) in [6.07, 6.45) is 2.82. The number of nitrogens with zero attached hydrogens (tertiary/aromatic N) is 1. The van der Waals surface area contributed by atoms with Gasteiger partial charge in [0, 0.05) is 36.2 Å². The highest BCUT2D eigenvalue weighted by Crippen LogP contribution is 2.48. The normalized spacial score (nSPS) is 22.5. The van der Waals surface area contributed by atoms with E-state index in [1.54, 1.807) is 12.1 Å². The lowest BCUT2D eigenvalue weighted by Crippen LogP contribution is -2.39. The SMILES string of the molecule is CCCCOC(=O)C1C(C)=NC2=C(C(=O)CC(C)(C)C2)[C@H]1c1ccc(OC(C)=O)cc1. The first-order valence-electron chi connectivity index (χ1n) is 10.9. The van der Waals surface area contributed by atoms with Gasteiger partial charge >= 0.3 is 11.9 Å². The quantitative estimate of drug-likeness (QED) is 0.372. The van der Waals surface area contributed by atoms with Crippen molar-refractivity contribution in [1.29, 1.82) is 0 Å². The van der Waals surface area contributed by atoms with E-state index in [1.807, 2.05) is 26.0 Å². The number of carbonyl (C=O) groups is 3. The first-order chi connectivity index (χ1) is 14.6. The van der Waals surface area contributed by atoms with Crippen molar-refractivity contribution in [3.63, 3.8) is 0 Å². The number of rotatable bonds is 6. The van der Waals surface area contributed by atoms with Gasteiger partial charge in [0.2, 0.25) is 0 Å². The standard InChI is InChI=1S/C25H31NO5/c1-6-7-12-30-24(29)21-15(2)26-19-13-25(4,5)14-20(28)23(19)22(21)17-8-10-18(11-9-17)31-16(3)27/h8-11,21-22H,6-7,12-14H2,1-5H3/t21?,22-/m0/s1. The Kier molecular flexibility index (Phi) is 6.77. The van der Waals surface area contributed by atoms with Gasteiger partial charge in [-0.25, -0.2) is 0 Å². The topological polar surface area (TPSA) is 82.0 Å². The maximum Gasteiger partial charge on any atom is 0.315 e. The Morgan fingerprint density at radius 3 is 2.45 bits per heavy atom. The van der Waals surface area contributed by atoms with Crippen LogP contribution in [0, 0.1) is 11.3 Å². The van der Waals surface area contributed by atoms with E-state index in [-0.39, 0.29) is 17.2 Å². The molecule has 0 spiro atoms. The Labute approximate surface area is 183 Å². The second-order valence-corrected chi connectivity index (χ2v) is 9.19. The van der Waals surface area contributed by atoms with Gasteiger partial charge in [0.25, 0.3) is 0 Å². The number of hydrogen-bond acceptors (Lipinski definition) is 6. The lowest BCUT2D eigenvalue weighted by molar-refractivity contribution is -0.146. The second kappa shape index (κ2) is 9.16. The predicted molar refractivity (Wildman–Crippen MR) is 118 cm³/mol. The zero-order valence-corrected chi connectivity index (χ0v) is 19.0. The molecule has 31 heavy (non-hydrogen) atoms. The number of esters is 2. The first-order valence-corrected chi connectivity index (χ1v) is 10.9. The van der Waals surface area contributed by atoms with Gasteiger partial charge in [-0.3, -0.25) is 19.4 Å². The summed E-state index contributed by atoms with van der Waals surface area (Å²) >= 11 is 0. The van der Waals surface area contributed by atoms with Crippen molar-refractivity contribution in [3.05, 3.63) is 41.1 Å². The maximum absolute atomic E-state index is 13.2. The van der Waals surface area contributed by atoms with Crippen molar-refractivity contribution < 1.29 is 23.9 Å². The summed E-state index contributed by atoms with van der Waals surface area (Å²) in [7, 11) is 0. The fourth-order valence-corrected chi connectivity index (χ4v) is 4.43. The monoisotopic (exact) mass is 425 g/mol. The van der Waals surface area contributed by atoms with E-state index in [0.29, 0.717) is 36.5 Å². The van der Waals surface area contributed by atoms with Crippen LogP contribution in [-0.2, 0) is 19.1 Å². The van der Waals surface area contributed by atoms with Gasteiger partial charge in [-0.2, -0.15) is 0 Å². The molecule has 0 fully saturated rings. The molecule has 0 aromatic heterocycles. The molecule has 1 aliphatic carbocycles. The molecule has 0 bridgehead atoms. The van der Waals surface area contributed by atoms with Gasteiger partial charge in [0.15, 0.2) is 5.78 Å². The molecule has 0 N–H and O–H groups in total. The van der Waals surface area contributed by atoms with Crippen LogP contribution in [0.3, 0.4) is 0 Å². The van der Waals surface area contributed by atoms with Crippen LogP contribution < -0.4 is 4.74 Å². The van der Waals surface area contributed by atoms with Gasteiger partial charge < -0.3 is 9.47 Å². The summed E-state index contributed by atoms with van der Waals surface area (Å²) in [6, 6.07) is 7.00. The van der Waals surface area contributed by atoms with Crippen molar-refractivity contribution in [2.45, 2.75) is 66.2 Å². The number of benzene rings is 1. The lowest BCUT2D eigenvalue weighted by Gasteiger charge is -2.39. The Balaban J connectivity index is 2.04. The van der Waals surface area contributed by atoms with E-state index in [2.05, 4.69) is 13.8 Å². The molecule has 0 saturated heterocycles. The number of hydrogen-bond donors (Lipinski definition) is 0. The fourth-order valence-electron chi connectivity index (χ4n) is 4.43. The number of aliphatic imine (C=N–C) groups is 1. The third kappa shape index (κ3) is 5.12. The molecule has 1 unspecified atom stereocenters. The van der Waals surface area contributed by atoms with E-state index in [4.69, 9.17) is 14.5 Å². The lowest BCUT2D eigenvalue weighted by atomic mass is 9.67. The highest BCUT2D eigenvalue weighted by molar-refractivity contribution is 6.09. The van der Waals surface area contributed by atoms with Crippen LogP contribution in [-0.4, -0.2) is 30.0 Å². The van der Waals surface area contributed by atoms with Gasteiger partial charge in [-0.05, 0) is 42.9 Å². The maximum atomic E-state index is 13.2. The van der Waals surface area contributed by atoms with E-state index in [1.165, 1.54) is 6.92 Å². The molecule has 2 atom stereocenters. The number of ketones is 1. The molecular weight excluding hydrogens is 394 g/mol. The zero-order chi connectivity index (χ0) is 22.8. The highest BCUT2D eigenvalue weighted by Gasteiger charge is 2.46. The molecule has 0 amide bonds. The number of ether oxygens (including phenoxy) is 2. The minimum atomic E-state index is -0.652. The number of unbranched alkanes of at least 4 members (excludes halogenated alkanes) is 1. The van der Waals surface area contributed by atoms with Gasteiger partial charge in [-0.1, -0.05) is 39.3 Å². The zero-order valence-electron chi connectivity index (χ0n) is 19.0. The highest BCUT2D eigenvalue weighted by atomic mass is 16.5. The summed E-state index contributed by atoms with van der Waals surface area (Å²) in [4.78, 5) is 42.3. The van der Waals surface area contributed by atoms with Crippen LogP contribution in [0.4, 0.5) is 0 Å². The Morgan fingerprint density at radius 1 is 1.16 bits per heavy atom. The molecule has 2 aliphatic rings. The molecule has 1 heterocycles. The van der Waals surface area contributed by atoms with Crippen molar-refractivity contribution in [3.8, 4) is 5.75 Å². The minimum Gasteiger partial charge on any atom is -0.465 e. The summed E-state index contributed by atoms with van der Waals surface area (Å²) in [5, 5.41) is 0. The van der Waals surface area contributed by atoms with Crippen LogP contribution in [0.5, 0.6) is 5.75 Å². The molecule has 0 saturated carbocycles. The Bertz CT molecular complexity index is 939. The van der Waals surface area contributed by atoms with Crippen LogP contribution >= 0.6 is 0 Å². The summed E-state index contributed by atoms with van der Waals surface area (Å²) in [6.45, 7) is 9.69. The molecule has 6 heteroatoms. The molecule has 1 aromatic rings. The molecule has 1 aliphatic heterocycles. The molecular formula is C25H31NO5. The molecule has 6 nitrogen and oxygen atoms in total. The molecule has 0 radical (unpaired) electrons. The molecule has 1 aromatic carbocycles. The van der Waals surface area contributed by atoms with Crippen LogP contribution in [0.2, 0.25) is 0 Å². The third-order valence-corrected chi connectivity index (χ3v) is 5.80. The fraction of sp³-hybridized carbons (Fsp3) is 0.520. The van der Waals surface area contributed by atoms with Crippen LogP contribution in [0.15, 0.2) is 40.5 Å². The summed E-state index contributed by atoms with van der Waals surface area (Å²) in [5.41, 5.74) is 2.69. The third-order valence-electron chi connectivity index (χ3n) is 5.80. The van der Waals surface area contributed by atoms with Crippen LogP contribution in [0.1, 0.15) is 71.8 Å². The Morgan fingerprint density at radius 2 is 1.84 bits per heavy atom. The molecule has 3 rings (SSSR count). The van der Waals surface area contributed by atoms with Crippen molar-refractivity contribution in [1.82, 2.24) is 0 Å². The Hall–Kier alpha value is -2.76. The first kappa shape index (κ1) is 22.9. The van der Waals surface area contributed by atoms with Crippen molar-refractivity contribution in [2.24, 2.45) is 16.3 Å². The van der Waals surface area contributed by atoms with Gasteiger partial charge in [-0.15, -0.1) is 0 Å². The smallest absolute Gasteiger partial charge is 0.315 e. The number of allylic oxidation sites excluding steroid dienone is 2. The van der Waals surface area contributed by atoms with Crippen LogP contribution in [0.25, 0.3) is 0 Å².